The van der Waals surface area contributed by atoms with Crippen LogP contribution in [-0.4, -0.2) is 34.2 Å². The van der Waals surface area contributed by atoms with Gasteiger partial charge in [-0.05, 0) is 30.5 Å². The average molecular weight is 555 g/mol. The number of hydrogen-bond donors (Lipinski definition) is 0. The normalized spacial score (nSPS) is 21.4. The van der Waals surface area contributed by atoms with E-state index in [9.17, 15) is 32.3 Å². The van der Waals surface area contributed by atoms with Crippen molar-refractivity contribution in [2.45, 2.75) is 35.8 Å². The van der Waals surface area contributed by atoms with Gasteiger partial charge < -0.3 is 4.74 Å². The van der Waals surface area contributed by atoms with E-state index < -0.39 is 57.2 Å². The number of benzene rings is 1. The lowest BCUT2D eigenvalue weighted by Gasteiger charge is -2.29. The zero-order chi connectivity index (χ0) is 25.8. The summed E-state index contributed by atoms with van der Waals surface area (Å²) in [6, 6.07) is 7.98. The van der Waals surface area contributed by atoms with Crippen molar-refractivity contribution in [2.24, 2.45) is 5.92 Å². The molecular weight excluding hydrogens is 537 g/mol. The Morgan fingerprint density at radius 2 is 1.83 bits per heavy atom. The molecule has 2 aromatic heterocycles. The summed E-state index contributed by atoms with van der Waals surface area (Å²) >= 11 is 3.12. The standard InChI is InChI=1S/C23H17F3N2O5S3/c1-2-33-14(29)10-27-21-18(36-22(27)32)15(13-8-5-9-34-13)16-17(35-21)20(31)28(19(16)30)12-7-4-3-6-11(12)23(24,25)26/h3-9,15-17H,2,10H2,1H3. The zero-order valence-corrected chi connectivity index (χ0v) is 20.9. The quantitative estimate of drug-likeness (QED) is 0.345. The largest absolute Gasteiger partial charge is 0.465 e. The van der Waals surface area contributed by atoms with Gasteiger partial charge in [-0.25, -0.2) is 4.90 Å². The Kier molecular flexibility index (Phi) is 6.33. The number of imide groups is 1. The molecule has 188 valence electrons. The maximum absolute atomic E-state index is 13.7. The van der Waals surface area contributed by atoms with Crippen LogP contribution in [0.5, 0.6) is 0 Å². The number of hydrogen-bond acceptors (Lipinski definition) is 8. The molecule has 0 spiro atoms. The summed E-state index contributed by atoms with van der Waals surface area (Å²) in [5, 5.41) is 1.06. The number of thiophene rings is 1. The third-order valence-corrected chi connectivity index (χ3v) is 9.50. The fourth-order valence-electron chi connectivity index (χ4n) is 4.51. The number of rotatable bonds is 5. The number of fused-ring (bicyclic) bond motifs is 2. The minimum absolute atomic E-state index is 0.121. The van der Waals surface area contributed by atoms with Crippen LogP contribution in [0.2, 0.25) is 0 Å². The summed E-state index contributed by atoms with van der Waals surface area (Å²) < 4.78 is 47.4. The van der Waals surface area contributed by atoms with Crippen molar-refractivity contribution >= 4 is 57.9 Å². The van der Waals surface area contributed by atoms with Gasteiger partial charge in [0, 0.05) is 15.7 Å². The zero-order valence-electron chi connectivity index (χ0n) is 18.5. The monoisotopic (exact) mass is 554 g/mol. The van der Waals surface area contributed by atoms with E-state index in [1.165, 1.54) is 28.0 Å². The first-order chi connectivity index (χ1) is 17.1. The first-order valence-electron chi connectivity index (χ1n) is 10.8. The van der Waals surface area contributed by atoms with Gasteiger partial charge in [0.2, 0.25) is 11.8 Å². The molecule has 2 aliphatic rings. The fraction of sp³-hybridized carbons (Fsp3) is 0.304. The van der Waals surface area contributed by atoms with Gasteiger partial charge in [0.05, 0.1) is 28.8 Å². The summed E-state index contributed by atoms with van der Waals surface area (Å²) in [6.07, 6.45) is -4.77. The Labute approximate surface area is 214 Å². The van der Waals surface area contributed by atoms with Crippen LogP contribution >= 0.6 is 34.4 Å². The van der Waals surface area contributed by atoms with Crippen molar-refractivity contribution in [3.05, 3.63) is 66.8 Å². The molecule has 2 amide bonds. The summed E-state index contributed by atoms with van der Waals surface area (Å²) in [5.74, 6) is -3.91. The number of anilines is 1. The number of thioether (sulfide) groups is 1. The molecule has 0 saturated carbocycles. The number of esters is 1. The van der Waals surface area contributed by atoms with Crippen LogP contribution in [0.4, 0.5) is 18.9 Å². The van der Waals surface area contributed by atoms with Gasteiger partial charge in [0.15, 0.2) is 0 Å². The number of carbonyl (C=O) groups is 3. The Morgan fingerprint density at radius 3 is 2.50 bits per heavy atom. The first-order valence-corrected chi connectivity index (χ1v) is 13.3. The molecular formula is C23H17F3N2O5S3. The number of carbonyl (C=O) groups excluding carboxylic acids is 3. The third kappa shape index (κ3) is 3.98. The maximum atomic E-state index is 13.7. The van der Waals surface area contributed by atoms with Gasteiger partial charge in [0.1, 0.15) is 11.8 Å². The highest BCUT2D eigenvalue weighted by Crippen LogP contribution is 2.55. The number of halogens is 3. The van der Waals surface area contributed by atoms with Gasteiger partial charge in [-0.15, -0.1) is 11.3 Å². The van der Waals surface area contributed by atoms with Crippen molar-refractivity contribution in [3.8, 4) is 0 Å². The molecule has 2 aliphatic heterocycles. The second-order valence-electron chi connectivity index (χ2n) is 8.01. The van der Waals surface area contributed by atoms with E-state index >= 15 is 0 Å². The van der Waals surface area contributed by atoms with Gasteiger partial charge >= 0.3 is 17.0 Å². The SMILES string of the molecule is CCOC(=O)Cn1c2c(sc1=O)C(c1cccs1)C1C(=O)N(c3ccccc3C(F)(F)F)C(=O)C1S2. The molecule has 36 heavy (non-hydrogen) atoms. The van der Waals surface area contributed by atoms with Crippen LogP contribution in [-0.2, 0) is 31.8 Å². The van der Waals surface area contributed by atoms with E-state index in [0.717, 1.165) is 35.2 Å². The van der Waals surface area contributed by atoms with Crippen molar-refractivity contribution < 1.29 is 32.3 Å². The number of amides is 2. The van der Waals surface area contributed by atoms with E-state index in [1.54, 1.807) is 24.4 Å². The lowest BCUT2D eigenvalue weighted by Crippen LogP contribution is -2.33. The molecule has 3 atom stereocenters. The molecule has 1 aromatic carbocycles. The van der Waals surface area contributed by atoms with Crippen LogP contribution < -0.4 is 9.77 Å². The summed E-state index contributed by atoms with van der Waals surface area (Å²) in [4.78, 5) is 53.6. The van der Waals surface area contributed by atoms with Crippen molar-refractivity contribution in [3.63, 3.8) is 0 Å². The fourth-order valence-corrected chi connectivity index (χ4v) is 8.23. The summed E-state index contributed by atoms with van der Waals surface area (Å²) in [7, 11) is 0. The molecule has 5 rings (SSSR count). The van der Waals surface area contributed by atoms with Crippen molar-refractivity contribution in [2.75, 3.05) is 11.5 Å². The molecule has 13 heteroatoms. The summed E-state index contributed by atoms with van der Waals surface area (Å²) in [5.41, 5.74) is -1.61. The molecule has 0 bridgehead atoms. The number of aromatic nitrogens is 1. The number of nitrogens with zero attached hydrogens (tertiary/aromatic N) is 2. The van der Waals surface area contributed by atoms with Gasteiger partial charge in [-0.3, -0.25) is 23.7 Å². The van der Waals surface area contributed by atoms with Crippen LogP contribution in [0.25, 0.3) is 0 Å². The Balaban J connectivity index is 1.64. The Hall–Kier alpha value is -2.90. The number of ether oxygens (including phenoxy) is 1. The molecule has 3 aromatic rings. The average Bonchev–Trinajstić information content (AvgIpc) is 3.51. The van der Waals surface area contributed by atoms with Crippen LogP contribution in [0.3, 0.4) is 0 Å². The van der Waals surface area contributed by atoms with Crippen molar-refractivity contribution in [1.82, 2.24) is 4.57 Å². The third-order valence-electron chi connectivity index (χ3n) is 5.94. The molecule has 0 N–H and O–H groups in total. The Morgan fingerprint density at radius 1 is 1.08 bits per heavy atom. The van der Waals surface area contributed by atoms with E-state index in [4.69, 9.17) is 4.74 Å². The molecule has 0 radical (unpaired) electrons. The van der Waals surface area contributed by atoms with E-state index in [0.29, 0.717) is 19.7 Å². The minimum Gasteiger partial charge on any atom is -0.465 e. The molecule has 1 fully saturated rings. The van der Waals surface area contributed by atoms with E-state index in [2.05, 4.69) is 0 Å². The predicted octanol–water partition coefficient (Wildman–Crippen LogP) is 4.35. The number of alkyl halides is 3. The van der Waals surface area contributed by atoms with Crippen LogP contribution in [0, 0.1) is 5.92 Å². The number of thiazole rings is 1. The highest BCUT2D eigenvalue weighted by molar-refractivity contribution is 8.00. The topological polar surface area (TPSA) is 85.7 Å². The molecule has 1 saturated heterocycles. The molecule has 7 nitrogen and oxygen atoms in total. The van der Waals surface area contributed by atoms with E-state index in [1.807, 2.05) is 0 Å². The second kappa shape index (κ2) is 9.20. The van der Waals surface area contributed by atoms with Crippen LogP contribution in [0.1, 0.15) is 28.2 Å². The first kappa shape index (κ1) is 24.8. The number of para-hydroxylation sites is 1. The molecule has 3 unspecified atom stereocenters. The van der Waals surface area contributed by atoms with Crippen molar-refractivity contribution in [1.29, 1.82) is 0 Å². The lowest BCUT2D eigenvalue weighted by molar-refractivity contribution is -0.144. The van der Waals surface area contributed by atoms with Gasteiger partial charge in [-0.2, -0.15) is 13.2 Å². The predicted molar refractivity (Wildman–Crippen MR) is 128 cm³/mol. The molecule has 4 heterocycles. The molecule has 0 aliphatic carbocycles. The van der Waals surface area contributed by atoms with E-state index in [-0.39, 0.29) is 13.2 Å². The highest BCUT2D eigenvalue weighted by Gasteiger charge is 2.58. The Bertz CT molecular complexity index is 1410. The van der Waals surface area contributed by atoms with Gasteiger partial charge in [0.25, 0.3) is 0 Å². The summed E-state index contributed by atoms with van der Waals surface area (Å²) in [6.45, 7) is 1.38. The van der Waals surface area contributed by atoms with Crippen LogP contribution in [0.15, 0.2) is 51.6 Å². The smallest absolute Gasteiger partial charge is 0.418 e. The lowest BCUT2D eigenvalue weighted by atomic mass is 9.87. The maximum Gasteiger partial charge on any atom is 0.418 e. The van der Waals surface area contributed by atoms with Gasteiger partial charge in [-0.1, -0.05) is 41.3 Å². The minimum atomic E-state index is -4.77. The highest BCUT2D eigenvalue weighted by atomic mass is 32.2. The second-order valence-corrected chi connectivity index (χ2v) is 11.1.